The van der Waals surface area contributed by atoms with Crippen molar-refractivity contribution in [2.45, 2.75) is 26.5 Å². The molecule has 0 radical (unpaired) electrons. The van der Waals surface area contributed by atoms with Crippen LogP contribution in [-0.4, -0.2) is 43.8 Å². The van der Waals surface area contributed by atoms with E-state index in [1.165, 1.54) is 17.8 Å². The van der Waals surface area contributed by atoms with Crippen molar-refractivity contribution in [2.75, 3.05) is 6.61 Å². The largest absolute Gasteiger partial charge is 0.491 e. The molecule has 140 valence electrons. The van der Waals surface area contributed by atoms with Crippen molar-refractivity contribution in [3.05, 3.63) is 59.4 Å². The Morgan fingerprint density at radius 1 is 1.26 bits per heavy atom. The van der Waals surface area contributed by atoms with Crippen molar-refractivity contribution in [2.24, 2.45) is 0 Å². The van der Waals surface area contributed by atoms with E-state index < -0.39 is 6.10 Å². The Kier molecular flexibility index (Phi) is 5.56. The van der Waals surface area contributed by atoms with E-state index in [9.17, 15) is 14.3 Å². The first-order valence-corrected chi connectivity index (χ1v) is 8.38. The van der Waals surface area contributed by atoms with E-state index in [0.29, 0.717) is 28.3 Å². The zero-order valence-electron chi connectivity index (χ0n) is 15.0. The molecule has 27 heavy (non-hydrogen) atoms. The molecule has 2 aromatic carbocycles. The fourth-order valence-corrected chi connectivity index (χ4v) is 2.44. The third kappa shape index (κ3) is 4.73. The lowest BCUT2D eigenvalue weighted by Crippen LogP contribution is -2.25. The molecule has 0 aliphatic rings. The highest BCUT2D eigenvalue weighted by Gasteiger charge is 2.12. The number of carbonyl (C=O) groups excluding carboxylic acids is 1. The van der Waals surface area contributed by atoms with Gasteiger partial charge in [0.1, 0.15) is 24.3 Å². The second kappa shape index (κ2) is 8.05. The molecule has 1 heterocycles. The number of aliphatic hydroxyl groups excluding tert-OH is 1. The average Bonchev–Trinajstić information content (AvgIpc) is 3.11. The molecule has 1 N–H and O–H groups in total. The minimum absolute atomic E-state index is 0.0222. The van der Waals surface area contributed by atoms with Gasteiger partial charge in [0.05, 0.1) is 6.54 Å². The number of aliphatic hydroxyl groups is 1. The number of aromatic nitrogens is 4. The van der Waals surface area contributed by atoms with Crippen molar-refractivity contribution in [3.8, 4) is 17.1 Å². The number of hydrogen-bond donors (Lipinski definition) is 1. The molecule has 3 rings (SSSR count). The molecular weight excluding hydrogens is 351 g/mol. The molecular formula is C19H19FN4O3. The van der Waals surface area contributed by atoms with Crippen LogP contribution in [0.1, 0.15) is 22.8 Å². The molecule has 0 spiro atoms. The van der Waals surface area contributed by atoms with Crippen LogP contribution in [0.4, 0.5) is 4.39 Å². The average molecular weight is 370 g/mol. The lowest BCUT2D eigenvalue weighted by atomic mass is 10.1. The molecule has 0 fully saturated rings. The predicted octanol–water partition coefficient (Wildman–Crippen LogP) is 2.43. The molecule has 0 amide bonds. The Balaban J connectivity index is 1.56. The maximum absolute atomic E-state index is 13.4. The summed E-state index contributed by atoms with van der Waals surface area (Å²) in [6.45, 7) is 3.28. The van der Waals surface area contributed by atoms with Gasteiger partial charge in [-0.3, -0.25) is 4.79 Å². The highest BCUT2D eigenvalue weighted by molar-refractivity contribution is 5.94. The van der Waals surface area contributed by atoms with Gasteiger partial charge in [0, 0.05) is 11.1 Å². The van der Waals surface area contributed by atoms with Crippen molar-refractivity contribution >= 4 is 5.78 Å². The molecule has 7 nitrogen and oxygen atoms in total. The first-order chi connectivity index (χ1) is 12.9. The number of carbonyl (C=O) groups is 1. The summed E-state index contributed by atoms with van der Waals surface area (Å²) in [4.78, 5) is 12.5. The summed E-state index contributed by atoms with van der Waals surface area (Å²) >= 11 is 0. The van der Waals surface area contributed by atoms with Gasteiger partial charge in [-0.1, -0.05) is 0 Å². The number of nitrogens with zero attached hydrogens (tertiary/aromatic N) is 4. The van der Waals surface area contributed by atoms with E-state index in [1.807, 2.05) is 0 Å². The summed E-state index contributed by atoms with van der Waals surface area (Å²) in [7, 11) is 0. The van der Waals surface area contributed by atoms with Crippen LogP contribution in [0.5, 0.6) is 5.75 Å². The van der Waals surface area contributed by atoms with Crippen LogP contribution in [0.25, 0.3) is 11.4 Å². The number of rotatable bonds is 7. The zero-order chi connectivity index (χ0) is 19.4. The Bertz CT molecular complexity index is 940. The van der Waals surface area contributed by atoms with Crippen LogP contribution in [0.15, 0.2) is 42.5 Å². The second-order valence-corrected chi connectivity index (χ2v) is 6.18. The van der Waals surface area contributed by atoms with Gasteiger partial charge >= 0.3 is 0 Å². The fourth-order valence-electron chi connectivity index (χ4n) is 2.44. The minimum Gasteiger partial charge on any atom is -0.491 e. The monoisotopic (exact) mass is 370 g/mol. The van der Waals surface area contributed by atoms with Crippen LogP contribution in [-0.2, 0) is 6.54 Å². The van der Waals surface area contributed by atoms with E-state index in [4.69, 9.17) is 4.74 Å². The highest BCUT2D eigenvalue weighted by atomic mass is 19.1. The highest BCUT2D eigenvalue weighted by Crippen LogP contribution is 2.17. The van der Waals surface area contributed by atoms with Gasteiger partial charge in [0.25, 0.3) is 0 Å². The maximum Gasteiger partial charge on any atom is 0.204 e. The molecule has 0 aliphatic carbocycles. The molecule has 0 saturated carbocycles. The van der Waals surface area contributed by atoms with Crippen LogP contribution in [0, 0.1) is 12.7 Å². The number of ketones is 1. The first kappa shape index (κ1) is 18.7. The van der Waals surface area contributed by atoms with Crippen LogP contribution < -0.4 is 4.74 Å². The summed E-state index contributed by atoms with van der Waals surface area (Å²) in [6, 6.07) is 11.2. The molecule has 8 heteroatoms. The van der Waals surface area contributed by atoms with Gasteiger partial charge in [-0.15, -0.1) is 10.2 Å². The Labute approximate surface area is 155 Å². The predicted molar refractivity (Wildman–Crippen MR) is 95.9 cm³/mol. The Morgan fingerprint density at radius 3 is 2.67 bits per heavy atom. The molecule has 0 saturated heterocycles. The number of ether oxygens (including phenoxy) is 1. The van der Waals surface area contributed by atoms with Gasteiger partial charge in [0.2, 0.25) is 5.82 Å². The molecule has 1 aromatic heterocycles. The number of hydrogen-bond acceptors (Lipinski definition) is 6. The summed E-state index contributed by atoms with van der Waals surface area (Å²) in [5.74, 6) is 0.583. The molecule has 1 unspecified atom stereocenters. The lowest BCUT2D eigenvalue weighted by molar-refractivity contribution is 0.0849. The minimum atomic E-state index is -0.852. The van der Waals surface area contributed by atoms with Gasteiger partial charge in [-0.2, -0.15) is 4.80 Å². The number of tetrazole rings is 1. The SMILES string of the molecule is CC(=O)c1ccc(OCC(O)Cn2nnc(-c3ccc(F)c(C)c3)n2)cc1. The molecule has 1 atom stereocenters. The summed E-state index contributed by atoms with van der Waals surface area (Å²) in [5.41, 5.74) is 1.74. The van der Waals surface area contributed by atoms with E-state index in [0.717, 1.165) is 0 Å². The Hall–Kier alpha value is -3.13. The van der Waals surface area contributed by atoms with Gasteiger partial charge in [-0.05, 0) is 67.1 Å². The van der Waals surface area contributed by atoms with Crippen LogP contribution in [0.3, 0.4) is 0 Å². The third-order valence-electron chi connectivity index (χ3n) is 3.95. The van der Waals surface area contributed by atoms with E-state index >= 15 is 0 Å². The smallest absolute Gasteiger partial charge is 0.204 e. The molecule has 0 aliphatic heterocycles. The first-order valence-electron chi connectivity index (χ1n) is 8.38. The van der Waals surface area contributed by atoms with Gasteiger partial charge < -0.3 is 9.84 Å². The van der Waals surface area contributed by atoms with Crippen LogP contribution >= 0.6 is 0 Å². The Morgan fingerprint density at radius 2 is 2.00 bits per heavy atom. The summed E-state index contributed by atoms with van der Waals surface area (Å²) in [5, 5.41) is 22.1. The third-order valence-corrected chi connectivity index (χ3v) is 3.95. The summed E-state index contributed by atoms with van der Waals surface area (Å²) < 4.78 is 18.9. The summed E-state index contributed by atoms with van der Waals surface area (Å²) in [6.07, 6.45) is -0.852. The topological polar surface area (TPSA) is 90.1 Å². The van der Waals surface area contributed by atoms with Gasteiger partial charge in [0.15, 0.2) is 5.78 Å². The zero-order valence-corrected chi connectivity index (χ0v) is 15.0. The number of benzene rings is 2. The van der Waals surface area contributed by atoms with Crippen molar-refractivity contribution in [1.29, 1.82) is 0 Å². The number of halogens is 1. The fraction of sp³-hybridized carbons (Fsp3) is 0.263. The standard InChI is InChI=1S/C19H19FN4O3/c1-12-9-15(5-8-18(12)20)19-21-23-24(22-19)10-16(26)11-27-17-6-3-14(4-7-17)13(2)25/h3-9,16,26H,10-11H2,1-2H3. The number of Topliss-reactive ketones (excluding diaryl/α,β-unsaturated/α-hetero) is 1. The van der Waals surface area contributed by atoms with E-state index in [1.54, 1.807) is 43.3 Å². The molecule has 3 aromatic rings. The van der Waals surface area contributed by atoms with Crippen LogP contribution in [0.2, 0.25) is 0 Å². The quantitative estimate of drug-likeness (QED) is 0.643. The van der Waals surface area contributed by atoms with E-state index in [-0.39, 0.29) is 24.8 Å². The van der Waals surface area contributed by atoms with Crippen molar-refractivity contribution in [3.63, 3.8) is 0 Å². The maximum atomic E-state index is 13.4. The molecule has 0 bridgehead atoms. The number of aryl methyl sites for hydroxylation is 1. The van der Waals surface area contributed by atoms with E-state index in [2.05, 4.69) is 15.4 Å². The second-order valence-electron chi connectivity index (χ2n) is 6.18. The lowest BCUT2D eigenvalue weighted by Gasteiger charge is -2.11. The van der Waals surface area contributed by atoms with Gasteiger partial charge in [-0.25, -0.2) is 4.39 Å². The van der Waals surface area contributed by atoms with Crippen molar-refractivity contribution in [1.82, 2.24) is 20.2 Å². The normalized spacial score (nSPS) is 12.0. The van der Waals surface area contributed by atoms with Crippen molar-refractivity contribution < 1.29 is 19.0 Å².